The SMILES string of the molecule is Nc1nnc(NCc2ccc(F)cc2)s1. The molecular weight excluding hydrogens is 215 g/mol. The van der Waals surface area contributed by atoms with Crippen LogP contribution in [-0.4, -0.2) is 10.2 Å². The zero-order valence-corrected chi connectivity index (χ0v) is 8.59. The van der Waals surface area contributed by atoms with Crippen LogP contribution in [0, 0.1) is 5.82 Å². The molecule has 0 aliphatic rings. The highest BCUT2D eigenvalue weighted by atomic mass is 32.1. The molecular formula is C9H9FN4S. The molecule has 2 aromatic rings. The van der Waals surface area contributed by atoms with Gasteiger partial charge in [0.15, 0.2) is 0 Å². The number of nitrogen functional groups attached to an aromatic ring is 1. The number of hydrogen-bond donors (Lipinski definition) is 2. The van der Waals surface area contributed by atoms with Gasteiger partial charge in [-0.15, -0.1) is 10.2 Å². The molecule has 0 spiro atoms. The zero-order valence-electron chi connectivity index (χ0n) is 7.77. The van der Waals surface area contributed by atoms with Crippen molar-refractivity contribution in [2.45, 2.75) is 6.54 Å². The Kier molecular flexibility index (Phi) is 2.77. The lowest BCUT2D eigenvalue weighted by Crippen LogP contribution is -1.98. The summed E-state index contributed by atoms with van der Waals surface area (Å²) < 4.78 is 12.6. The van der Waals surface area contributed by atoms with E-state index in [0.717, 1.165) is 5.56 Å². The number of rotatable bonds is 3. The number of hydrogen-bond acceptors (Lipinski definition) is 5. The molecule has 2 rings (SSSR count). The van der Waals surface area contributed by atoms with Crippen molar-refractivity contribution in [2.24, 2.45) is 0 Å². The van der Waals surface area contributed by atoms with Crippen LogP contribution in [0.1, 0.15) is 5.56 Å². The third-order valence-corrected chi connectivity index (χ3v) is 2.51. The molecule has 0 amide bonds. The van der Waals surface area contributed by atoms with E-state index < -0.39 is 0 Å². The summed E-state index contributed by atoms with van der Waals surface area (Å²) in [6.45, 7) is 0.578. The first-order valence-corrected chi connectivity index (χ1v) is 5.13. The summed E-state index contributed by atoms with van der Waals surface area (Å²) in [5, 5.41) is 11.6. The highest BCUT2D eigenvalue weighted by Gasteiger charge is 1.99. The van der Waals surface area contributed by atoms with Crippen LogP contribution in [0.3, 0.4) is 0 Å². The Morgan fingerprint density at radius 1 is 1.27 bits per heavy atom. The Bertz CT molecular complexity index is 440. The second-order valence-corrected chi connectivity index (χ2v) is 3.93. The maximum absolute atomic E-state index is 12.6. The quantitative estimate of drug-likeness (QED) is 0.835. The molecule has 0 bridgehead atoms. The molecule has 0 fully saturated rings. The Labute approximate surface area is 90.0 Å². The van der Waals surface area contributed by atoms with Gasteiger partial charge in [0.05, 0.1) is 0 Å². The molecule has 3 N–H and O–H groups in total. The van der Waals surface area contributed by atoms with Gasteiger partial charge in [0.2, 0.25) is 10.3 Å². The summed E-state index contributed by atoms with van der Waals surface area (Å²) in [7, 11) is 0. The molecule has 0 aliphatic carbocycles. The van der Waals surface area contributed by atoms with E-state index in [4.69, 9.17) is 5.73 Å². The van der Waals surface area contributed by atoms with Gasteiger partial charge in [-0.05, 0) is 17.7 Å². The molecule has 78 valence electrons. The van der Waals surface area contributed by atoms with Crippen molar-refractivity contribution >= 4 is 21.6 Å². The van der Waals surface area contributed by atoms with Crippen molar-refractivity contribution in [3.05, 3.63) is 35.6 Å². The Morgan fingerprint density at radius 3 is 2.60 bits per heavy atom. The minimum Gasteiger partial charge on any atom is -0.374 e. The lowest BCUT2D eigenvalue weighted by atomic mass is 10.2. The monoisotopic (exact) mass is 224 g/mol. The topological polar surface area (TPSA) is 63.8 Å². The largest absolute Gasteiger partial charge is 0.374 e. The van der Waals surface area contributed by atoms with Crippen LogP contribution in [0.2, 0.25) is 0 Å². The maximum atomic E-state index is 12.6. The van der Waals surface area contributed by atoms with Gasteiger partial charge in [-0.3, -0.25) is 0 Å². The first-order chi connectivity index (χ1) is 7.24. The van der Waals surface area contributed by atoms with Crippen LogP contribution in [0.5, 0.6) is 0 Å². The zero-order chi connectivity index (χ0) is 10.7. The molecule has 1 aromatic heterocycles. The molecule has 0 unspecified atom stereocenters. The minimum absolute atomic E-state index is 0.237. The Morgan fingerprint density at radius 2 is 2.00 bits per heavy atom. The van der Waals surface area contributed by atoms with Gasteiger partial charge in [0.1, 0.15) is 5.82 Å². The fraction of sp³-hybridized carbons (Fsp3) is 0.111. The van der Waals surface area contributed by atoms with E-state index in [9.17, 15) is 4.39 Å². The van der Waals surface area contributed by atoms with Crippen LogP contribution in [0.15, 0.2) is 24.3 Å². The number of nitrogens with zero attached hydrogens (tertiary/aromatic N) is 2. The molecule has 0 saturated heterocycles. The molecule has 0 aliphatic heterocycles. The molecule has 0 saturated carbocycles. The summed E-state index contributed by atoms with van der Waals surface area (Å²) in [4.78, 5) is 0. The predicted octanol–water partition coefficient (Wildman–Crippen LogP) is 1.87. The lowest BCUT2D eigenvalue weighted by molar-refractivity contribution is 0.627. The van der Waals surface area contributed by atoms with Gasteiger partial charge in [-0.1, -0.05) is 23.5 Å². The highest BCUT2D eigenvalue weighted by molar-refractivity contribution is 7.18. The lowest BCUT2D eigenvalue weighted by Gasteiger charge is -2.01. The average Bonchev–Trinajstić information content (AvgIpc) is 2.64. The number of benzene rings is 1. The second-order valence-electron chi connectivity index (χ2n) is 2.93. The van der Waals surface area contributed by atoms with E-state index in [-0.39, 0.29) is 5.82 Å². The number of halogens is 1. The fourth-order valence-corrected chi connectivity index (χ4v) is 1.59. The van der Waals surface area contributed by atoms with Crippen molar-refractivity contribution in [3.63, 3.8) is 0 Å². The van der Waals surface area contributed by atoms with Crippen LogP contribution < -0.4 is 11.1 Å². The van der Waals surface area contributed by atoms with Gasteiger partial charge in [-0.25, -0.2) is 4.39 Å². The van der Waals surface area contributed by atoms with E-state index in [2.05, 4.69) is 15.5 Å². The maximum Gasteiger partial charge on any atom is 0.207 e. The van der Waals surface area contributed by atoms with Gasteiger partial charge >= 0.3 is 0 Å². The minimum atomic E-state index is -0.237. The van der Waals surface area contributed by atoms with Gasteiger partial charge in [-0.2, -0.15) is 0 Å². The first-order valence-electron chi connectivity index (χ1n) is 4.31. The van der Waals surface area contributed by atoms with Gasteiger partial charge in [0, 0.05) is 6.54 Å². The van der Waals surface area contributed by atoms with E-state index in [0.29, 0.717) is 16.8 Å². The number of nitrogens with one attached hydrogen (secondary N) is 1. The summed E-state index contributed by atoms with van der Waals surface area (Å²) in [6, 6.07) is 6.27. The van der Waals surface area contributed by atoms with Crippen molar-refractivity contribution < 1.29 is 4.39 Å². The predicted molar refractivity (Wildman–Crippen MR) is 58.0 cm³/mol. The normalized spacial score (nSPS) is 10.2. The van der Waals surface area contributed by atoms with Crippen molar-refractivity contribution in [2.75, 3.05) is 11.1 Å². The average molecular weight is 224 g/mol. The smallest absolute Gasteiger partial charge is 0.207 e. The van der Waals surface area contributed by atoms with Crippen molar-refractivity contribution in [1.82, 2.24) is 10.2 Å². The summed E-state index contributed by atoms with van der Waals surface area (Å²) in [5.41, 5.74) is 6.40. The summed E-state index contributed by atoms with van der Waals surface area (Å²) in [5.74, 6) is -0.237. The molecule has 1 aromatic carbocycles. The Balaban J connectivity index is 1.96. The molecule has 1 heterocycles. The van der Waals surface area contributed by atoms with Crippen LogP contribution >= 0.6 is 11.3 Å². The van der Waals surface area contributed by atoms with Gasteiger partial charge < -0.3 is 11.1 Å². The van der Waals surface area contributed by atoms with Crippen LogP contribution in [-0.2, 0) is 6.54 Å². The number of anilines is 2. The molecule has 0 radical (unpaired) electrons. The first kappa shape index (κ1) is 9.85. The standard InChI is InChI=1S/C9H9FN4S/c10-7-3-1-6(2-4-7)5-12-9-14-13-8(11)15-9/h1-4H,5H2,(H2,11,13)(H,12,14). The van der Waals surface area contributed by atoms with Crippen molar-refractivity contribution in [3.8, 4) is 0 Å². The number of aromatic nitrogens is 2. The highest BCUT2D eigenvalue weighted by Crippen LogP contribution is 2.17. The fourth-order valence-electron chi connectivity index (χ4n) is 1.09. The van der Waals surface area contributed by atoms with E-state index >= 15 is 0 Å². The van der Waals surface area contributed by atoms with E-state index in [1.807, 2.05) is 0 Å². The third-order valence-electron chi connectivity index (χ3n) is 1.80. The molecule has 4 nitrogen and oxygen atoms in total. The number of nitrogens with two attached hydrogens (primary N) is 1. The van der Waals surface area contributed by atoms with Gasteiger partial charge in [0.25, 0.3) is 0 Å². The summed E-state index contributed by atoms with van der Waals surface area (Å²) in [6.07, 6.45) is 0. The second kappa shape index (κ2) is 4.22. The molecule has 0 atom stereocenters. The van der Waals surface area contributed by atoms with Crippen molar-refractivity contribution in [1.29, 1.82) is 0 Å². The Hall–Kier alpha value is -1.69. The summed E-state index contributed by atoms with van der Waals surface area (Å²) >= 11 is 1.28. The molecule has 6 heteroatoms. The van der Waals surface area contributed by atoms with Crippen LogP contribution in [0.4, 0.5) is 14.7 Å². The molecule has 15 heavy (non-hydrogen) atoms. The van der Waals surface area contributed by atoms with E-state index in [1.54, 1.807) is 12.1 Å². The van der Waals surface area contributed by atoms with E-state index in [1.165, 1.54) is 23.5 Å². The third kappa shape index (κ3) is 2.63. The van der Waals surface area contributed by atoms with Crippen LogP contribution in [0.25, 0.3) is 0 Å².